The number of aliphatic hydroxyl groups excluding tert-OH is 1. The van der Waals surface area contributed by atoms with E-state index in [4.69, 9.17) is 16.7 Å². The van der Waals surface area contributed by atoms with E-state index >= 15 is 0 Å². The molecule has 0 aromatic heterocycles. The number of hydrogen-bond acceptors (Lipinski definition) is 2. The number of amides is 1. The largest absolute Gasteiger partial charge is 0.394 e. The van der Waals surface area contributed by atoms with Crippen LogP contribution < -0.4 is 5.32 Å². The lowest BCUT2D eigenvalue weighted by molar-refractivity contribution is 0.0897. The van der Waals surface area contributed by atoms with Crippen LogP contribution in [0, 0.1) is 12.8 Å². The molecule has 1 aromatic rings. The van der Waals surface area contributed by atoms with E-state index in [1.807, 2.05) is 20.8 Å². The standard InChI is InChI=1S/C13H18ClNO2/c1-8(2)12(7-16)15-13(17)10-5-4-9(3)11(14)6-10/h4-6,8,12,16H,7H2,1-3H3,(H,15,17). The van der Waals surface area contributed by atoms with Gasteiger partial charge in [0.2, 0.25) is 0 Å². The third kappa shape index (κ3) is 3.72. The molecule has 0 saturated heterocycles. The van der Waals surface area contributed by atoms with E-state index < -0.39 is 0 Å². The number of carbonyl (C=O) groups is 1. The monoisotopic (exact) mass is 255 g/mol. The molecule has 94 valence electrons. The van der Waals surface area contributed by atoms with Crippen molar-refractivity contribution in [2.75, 3.05) is 6.61 Å². The van der Waals surface area contributed by atoms with Crippen LogP contribution in [0.5, 0.6) is 0 Å². The van der Waals surface area contributed by atoms with Gasteiger partial charge in [-0.3, -0.25) is 4.79 Å². The summed E-state index contributed by atoms with van der Waals surface area (Å²) in [5.74, 6) is -0.0236. The Labute approximate surface area is 107 Å². The molecule has 0 heterocycles. The lowest BCUT2D eigenvalue weighted by Gasteiger charge is -2.20. The van der Waals surface area contributed by atoms with Crippen LogP contribution in [0.3, 0.4) is 0 Å². The topological polar surface area (TPSA) is 49.3 Å². The molecule has 0 aliphatic carbocycles. The highest BCUT2D eigenvalue weighted by Crippen LogP contribution is 2.16. The van der Waals surface area contributed by atoms with Gasteiger partial charge in [-0.15, -0.1) is 0 Å². The Morgan fingerprint density at radius 1 is 1.47 bits per heavy atom. The van der Waals surface area contributed by atoms with Crippen LogP contribution in [-0.4, -0.2) is 23.7 Å². The van der Waals surface area contributed by atoms with Gasteiger partial charge >= 0.3 is 0 Å². The van der Waals surface area contributed by atoms with E-state index in [9.17, 15) is 4.79 Å². The highest BCUT2D eigenvalue weighted by Gasteiger charge is 2.16. The third-order valence-electron chi connectivity index (χ3n) is 2.75. The second-order valence-electron chi connectivity index (χ2n) is 4.47. The predicted octanol–water partition coefficient (Wildman–Crippen LogP) is 2.40. The lowest BCUT2D eigenvalue weighted by atomic mass is 10.0. The van der Waals surface area contributed by atoms with Crippen molar-refractivity contribution in [1.29, 1.82) is 0 Å². The highest BCUT2D eigenvalue weighted by molar-refractivity contribution is 6.31. The minimum Gasteiger partial charge on any atom is -0.394 e. The molecule has 0 fully saturated rings. The Balaban J connectivity index is 2.79. The van der Waals surface area contributed by atoms with E-state index in [-0.39, 0.29) is 24.5 Å². The third-order valence-corrected chi connectivity index (χ3v) is 3.16. The van der Waals surface area contributed by atoms with Crippen LogP contribution in [-0.2, 0) is 0 Å². The number of rotatable bonds is 4. The summed E-state index contributed by atoms with van der Waals surface area (Å²) in [6, 6.07) is 4.94. The average Bonchev–Trinajstić information content (AvgIpc) is 2.28. The first-order chi connectivity index (χ1) is 7.95. The number of nitrogens with one attached hydrogen (secondary N) is 1. The van der Waals surface area contributed by atoms with E-state index in [1.54, 1.807) is 18.2 Å². The van der Waals surface area contributed by atoms with Crippen LogP contribution in [0.4, 0.5) is 0 Å². The van der Waals surface area contributed by atoms with E-state index in [1.165, 1.54) is 0 Å². The summed E-state index contributed by atoms with van der Waals surface area (Å²) in [4.78, 5) is 11.9. The zero-order valence-corrected chi connectivity index (χ0v) is 11.1. The maximum atomic E-state index is 11.9. The summed E-state index contributed by atoms with van der Waals surface area (Å²) in [5.41, 5.74) is 1.45. The molecule has 4 heteroatoms. The summed E-state index contributed by atoms with van der Waals surface area (Å²) in [5, 5.41) is 12.5. The quantitative estimate of drug-likeness (QED) is 0.868. The summed E-state index contributed by atoms with van der Waals surface area (Å²) >= 11 is 5.96. The molecule has 1 amide bonds. The van der Waals surface area contributed by atoms with Gasteiger partial charge in [0.15, 0.2) is 0 Å². The predicted molar refractivity (Wildman–Crippen MR) is 69.4 cm³/mol. The van der Waals surface area contributed by atoms with Gasteiger partial charge in [0, 0.05) is 10.6 Å². The molecule has 17 heavy (non-hydrogen) atoms. The summed E-state index contributed by atoms with van der Waals surface area (Å²) in [7, 11) is 0. The van der Waals surface area contributed by atoms with Crippen molar-refractivity contribution in [2.24, 2.45) is 5.92 Å². The van der Waals surface area contributed by atoms with Crippen molar-refractivity contribution in [3.8, 4) is 0 Å². The highest BCUT2D eigenvalue weighted by atomic mass is 35.5. The molecule has 0 saturated carbocycles. The molecule has 0 aliphatic rings. The number of aliphatic hydroxyl groups is 1. The molecular formula is C13H18ClNO2. The van der Waals surface area contributed by atoms with Crippen molar-refractivity contribution in [2.45, 2.75) is 26.8 Å². The zero-order valence-electron chi connectivity index (χ0n) is 10.3. The Bertz CT molecular complexity index is 404. The van der Waals surface area contributed by atoms with Crippen molar-refractivity contribution >= 4 is 17.5 Å². The molecule has 1 aromatic carbocycles. The molecular weight excluding hydrogens is 238 g/mol. The van der Waals surface area contributed by atoms with E-state index in [2.05, 4.69) is 5.32 Å². The maximum absolute atomic E-state index is 11.9. The van der Waals surface area contributed by atoms with Gasteiger partial charge in [-0.2, -0.15) is 0 Å². The molecule has 0 bridgehead atoms. The molecule has 1 rings (SSSR count). The van der Waals surface area contributed by atoms with Crippen molar-refractivity contribution in [1.82, 2.24) is 5.32 Å². The molecule has 3 nitrogen and oxygen atoms in total. The van der Waals surface area contributed by atoms with Crippen LogP contribution in [0.15, 0.2) is 18.2 Å². The van der Waals surface area contributed by atoms with Crippen molar-refractivity contribution in [3.05, 3.63) is 34.3 Å². The van der Waals surface area contributed by atoms with Gasteiger partial charge in [-0.05, 0) is 30.5 Å². The maximum Gasteiger partial charge on any atom is 0.251 e. The Hall–Kier alpha value is -1.06. The first kappa shape index (κ1) is 14.0. The van der Waals surface area contributed by atoms with Gasteiger partial charge in [0.1, 0.15) is 0 Å². The van der Waals surface area contributed by atoms with Crippen LogP contribution in [0.1, 0.15) is 29.8 Å². The normalized spacial score (nSPS) is 12.6. The van der Waals surface area contributed by atoms with Crippen LogP contribution in [0.2, 0.25) is 5.02 Å². The molecule has 0 spiro atoms. The fraction of sp³-hybridized carbons (Fsp3) is 0.462. The number of halogens is 1. The summed E-state index contributed by atoms with van der Waals surface area (Å²) in [6.45, 7) is 5.71. The van der Waals surface area contributed by atoms with Crippen LogP contribution >= 0.6 is 11.6 Å². The van der Waals surface area contributed by atoms with Gasteiger partial charge < -0.3 is 10.4 Å². The van der Waals surface area contributed by atoms with Gasteiger partial charge in [-0.1, -0.05) is 31.5 Å². The summed E-state index contributed by atoms with van der Waals surface area (Å²) in [6.07, 6.45) is 0. The number of aryl methyl sites for hydroxylation is 1. The fourth-order valence-electron chi connectivity index (χ4n) is 1.41. The Kier molecular flexibility index (Phi) is 4.97. The Morgan fingerprint density at radius 2 is 2.12 bits per heavy atom. The second kappa shape index (κ2) is 6.03. The average molecular weight is 256 g/mol. The SMILES string of the molecule is Cc1ccc(C(=O)NC(CO)C(C)C)cc1Cl. The molecule has 1 atom stereocenters. The smallest absolute Gasteiger partial charge is 0.251 e. The number of benzene rings is 1. The molecule has 1 unspecified atom stereocenters. The fourth-order valence-corrected chi connectivity index (χ4v) is 1.59. The van der Waals surface area contributed by atoms with E-state index in [0.717, 1.165) is 5.56 Å². The minimum atomic E-state index is -0.234. The zero-order chi connectivity index (χ0) is 13.0. The van der Waals surface area contributed by atoms with Gasteiger partial charge in [-0.25, -0.2) is 0 Å². The van der Waals surface area contributed by atoms with Gasteiger partial charge in [0.25, 0.3) is 5.91 Å². The summed E-state index contributed by atoms with van der Waals surface area (Å²) < 4.78 is 0. The molecule has 0 radical (unpaired) electrons. The second-order valence-corrected chi connectivity index (χ2v) is 4.88. The number of hydrogen-bond donors (Lipinski definition) is 2. The van der Waals surface area contributed by atoms with Gasteiger partial charge in [0.05, 0.1) is 12.6 Å². The van der Waals surface area contributed by atoms with Crippen molar-refractivity contribution in [3.63, 3.8) is 0 Å². The molecule has 0 aliphatic heterocycles. The first-order valence-corrected chi connectivity index (χ1v) is 6.01. The van der Waals surface area contributed by atoms with Crippen molar-refractivity contribution < 1.29 is 9.90 Å². The number of carbonyl (C=O) groups excluding carboxylic acids is 1. The molecule has 2 N–H and O–H groups in total. The Morgan fingerprint density at radius 3 is 2.59 bits per heavy atom. The lowest BCUT2D eigenvalue weighted by Crippen LogP contribution is -2.41. The minimum absolute atomic E-state index is 0.0665. The first-order valence-electron chi connectivity index (χ1n) is 5.63. The van der Waals surface area contributed by atoms with E-state index in [0.29, 0.717) is 10.6 Å². The van der Waals surface area contributed by atoms with Crippen LogP contribution in [0.25, 0.3) is 0 Å².